The summed E-state index contributed by atoms with van der Waals surface area (Å²) in [5, 5.41) is 46.5. The summed E-state index contributed by atoms with van der Waals surface area (Å²) in [6.45, 7) is 0.382. The molecule has 0 fully saturated rings. The number of ether oxygens (including phenoxy) is 1. The molecule has 0 aliphatic carbocycles. The minimum Gasteiger partial charge on any atom is -0.504 e. The van der Waals surface area contributed by atoms with E-state index in [-0.39, 0.29) is 5.56 Å². The van der Waals surface area contributed by atoms with Crippen molar-refractivity contribution in [2.24, 2.45) is 0 Å². The molecule has 5 N–H and O–H groups in total. The van der Waals surface area contributed by atoms with Gasteiger partial charge in [0.25, 0.3) is 0 Å². The lowest BCUT2D eigenvalue weighted by Gasteiger charge is -2.22. The standard InChI is InChI=1S/C11H14O7/c1-5(13)18-11(8(15)4-12)6-2-3-7(14)10(17)9(6)16/h2-3,8,11-12,14-17H,4H2,1H3. The zero-order valence-corrected chi connectivity index (χ0v) is 9.57. The van der Waals surface area contributed by atoms with Crippen molar-refractivity contribution in [3.63, 3.8) is 0 Å². The monoisotopic (exact) mass is 258 g/mol. The number of aliphatic hydroxyl groups excluding tert-OH is 2. The van der Waals surface area contributed by atoms with Crippen molar-refractivity contribution in [1.29, 1.82) is 0 Å². The van der Waals surface area contributed by atoms with E-state index in [4.69, 9.17) is 14.9 Å². The number of hydrogen-bond donors (Lipinski definition) is 5. The fraction of sp³-hybridized carbons (Fsp3) is 0.364. The van der Waals surface area contributed by atoms with E-state index < -0.39 is 42.0 Å². The quantitative estimate of drug-likeness (QED) is 0.372. The lowest BCUT2D eigenvalue weighted by molar-refractivity contribution is -0.154. The van der Waals surface area contributed by atoms with Crippen LogP contribution in [0.25, 0.3) is 0 Å². The molecule has 2 atom stereocenters. The van der Waals surface area contributed by atoms with Gasteiger partial charge < -0.3 is 30.3 Å². The van der Waals surface area contributed by atoms with Gasteiger partial charge in [0.2, 0.25) is 5.75 Å². The summed E-state index contributed by atoms with van der Waals surface area (Å²) >= 11 is 0. The van der Waals surface area contributed by atoms with E-state index in [1.165, 1.54) is 0 Å². The summed E-state index contributed by atoms with van der Waals surface area (Å²) in [6.07, 6.45) is -2.82. The topological polar surface area (TPSA) is 127 Å². The first kappa shape index (κ1) is 14.1. The van der Waals surface area contributed by atoms with Crippen molar-refractivity contribution in [2.75, 3.05) is 6.61 Å². The third-order valence-corrected chi connectivity index (χ3v) is 2.30. The molecule has 0 aliphatic heterocycles. The number of phenolic OH excluding ortho intramolecular Hbond substituents is 3. The molecule has 0 spiro atoms. The molecule has 1 rings (SSSR count). The fourth-order valence-electron chi connectivity index (χ4n) is 1.44. The van der Waals surface area contributed by atoms with Gasteiger partial charge in [-0.3, -0.25) is 4.79 Å². The summed E-state index contributed by atoms with van der Waals surface area (Å²) in [6, 6.07) is 2.22. The minimum absolute atomic E-state index is 0.123. The van der Waals surface area contributed by atoms with E-state index in [9.17, 15) is 20.1 Å². The van der Waals surface area contributed by atoms with Gasteiger partial charge in [0.1, 0.15) is 6.10 Å². The summed E-state index contributed by atoms with van der Waals surface area (Å²) in [7, 11) is 0. The molecule has 0 amide bonds. The summed E-state index contributed by atoms with van der Waals surface area (Å²) in [5.74, 6) is -2.82. The van der Waals surface area contributed by atoms with Crippen molar-refractivity contribution in [3.05, 3.63) is 17.7 Å². The number of benzene rings is 1. The molecular weight excluding hydrogens is 244 g/mol. The van der Waals surface area contributed by atoms with Crippen LogP contribution < -0.4 is 0 Å². The second-order valence-electron chi connectivity index (χ2n) is 3.65. The van der Waals surface area contributed by atoms with Gasteiger partial charge in [-0.05, 0) is 12.1 Å². The maximum absolute atomic E-state index is 10.9. The van der Waals surface area contributed by atoms with Gasteiger partial charge in [-0.1, -0.05) is 0 Å². The molecule has 0 aliphatic rings. The first-order valence-corrected chi connectivity index (χ1v) is 5.08. The van der Waals surface area contributed by atoms with E-state index in [0.717, 1.165) is 19.1 Å². The molecule has 1 aromatic carbocycles. The molecule has 7 nitrogen and oxygen atoms in total. The largest absolute Gasteiger partial charge is 0.504 e. The molecule has 1 aromatic rings. The van der Waals surface area contributed by atoms with E-state index in [0.29, 0.717) is 0 Å². The van der Waals surface area contributed by atoms with Crippen molar-refractivity contribution >= 4 is 5.97 Å². The van der Waals surface area contributed by atoms with Gasteiger partial charge in [-0.2, -0.15) is 0 Å². The van der Waals surface area contributed by atoms with Gasteiger partial charge in [0.05, 0.1) is 6.61 Å². The third kappa shape index (κ3) is 2.82. The van der Waals surface area contributed by atoms with Crippen molar-refractivity contribution in [1.82, 2.24) is 0 Å². The molecule has 0 bridgehead atoms. The lowest BCUT2D eigenvalue weighted by Crippen LogP contribution is -2.26. The number of phenols is 3. The Morgan fingerprint density at radius 2 is 1.89 bits per heavy atom. The molecule has 7 heteroatoms. The molecule has 0 radical (unpaired) electrons. The second kappa shape index (κ2) is 5.56. The highest BCUT2D eigenvalue weighted by atomic mass is 16.6. The highest BCUT2D eigenvalue weighted by molar-refractivity contribution is 5.67. The number of hydrogen-bond acceptors (Lipinski definition) is 7. The summed E-state index contributed by atoms with van der Waals surface area (Å²) < 4.78 is 4.76. The Bertz CT molecular complexity index is 443. The van der Waals surface area contributed by atoms with Crippen LogP contribution in [0.5, 0.6) is 17.2 Å². The maximum Gasteiger partial charge on any atom is 0.303 e. The van der Waals surface area contributed by atoms with Gasteiger partial charge in [0, 0.05) is 12.5 Å². The number of rotatable bonds is 4. The van der Waals surface area contributed by atoms with Crippen LogP contribution >= 0.6 is 0 Å². The first-order valence-electron chi connectivity index (χ1n) is 5.08. The van der Waals surface area contributed by atoms with Crippen molar-refractivity contribution in [3.8, 4) is 17.2 Å². The Balaban J connectivity index is 3.20. The van der Waals surface area contributed by atoms with Gasteiger partial charge in [-0.15, -0.1) is 0 Å². The fourth-order valence-corrected chi connectivity index (χ4v) is 1.44. The normalized spacial score (nSPS) is 13.9. The van der Waals surface area contributed by atoms with Crippen LogP contribution in [-0.2, 0) is 9.53 Å². The molecule has 2 unspecified atom stereocenters. The van der Waals surface area contributed by atoms with E-state index >= 15 is 0 Å². The van der Waals surface area contributed by atoms with Crippen LogP contribution in [0, 0.1) is 0 Å². The van der Waals surface area contributed by atoms with Gasteiger partial charge in [0.15, 0.2) is 17.6 Å². The average Bonchev–Trinajstić information content (AvgIpc) is 2.33. The van der Waals surface area contributed by atoms with Crippen LogP contribution in [0.1, 0.15) is 18.6 Å². The smallest absolute Gasteiger partial charge is 0.303 e. The Hall–Kier alpha value is -1.99. The Labute approximate surface area is 103 Å². The number of carbonyl (C=O) groups is 1. The van der Waals surface area contributed by atoms with Crippen LogP contribution in [-0.4, -0.2) is 44.2 Å². The van der Waals surface area contributed by atoms with E-state index in [1.807, 2.05) is 0 Å². The zero-order valence-electron chi connectivity index (χ0n) is 9.57. The van der Waals surface area contributed by atoms with Gasteiger partial charge in [-0.25, -0.2) is 0 Å². The summed E-state index contributed by atoms with van der Waals surface area (Å²) in [5.41, 5.74) is -0.123. The van der Waals surface area contributed by atoms with Crippen LogP contribution in [0.4, 0.5) is 0 Å². The van der Waals surface area contributed by atoms with Crippen molar-refractivity contribution in [2.45, 2.75) is 19.1 Å². The Kier molecular flexibility index (Phi) is 4.35. The van der Waals surface area contributed by atoms with Gasteiger partial charge >= 0.3 is 5.97 Å². The number of esters is 1. The van der Waals surface area contributed by atoms with Crippen LogP contribution in [0.2, 0.25) is 0 Å². The predicted octanol–water partition coefficient (Wildman–Crippen LogP) is -0.239. The van der Waals surface area contributed by atoms with Crippen LogP contribution in [0.15, 0.2) is 12.1 Å². The SMILES string of the molecule is CC(=O)OC(c1ccc(O)c(O)c1O)C(O)CO. The van der Waals surface area contributed by atoms with E-state index in [2.05, 4.69) is 0 Å². The Morgan fingerprint density at radius 3 is 2.39 bits per heavy atom. The average molecular weight is 258 g/mol. The third-order valence-electron chi connectivity index (χ3n) is 2.30. The second-order valence-corrected chi connectivity index (χ2v) is 3.65. The number of aliphatic hydroxyl groups is 2. The maximum atomic E-state index is 10.9. The molecule has 0 heterocycles. The molecule has 0 aromatic heterocycles. The summed E-state index contributed by atoms with van der Waals surface area (Å²) in [4.78, 5) is 10.9. The van der Waals surface area contributed by atoms with Crippen LogP contribution in [0.3, 0.4) is 0 Å². The van der Waals surface area contributed by atoms with E-state index in [1.54, 1.807) is 0 Å². The first-order chi connectivity index (χ1) is 8.38. The molecular formula is C11H14O7. The Morgan fingerprint density at radius 1 is 1.28 bits per heavy atom. The number of aromatic hydroxyl groups is 3. The number of carbonyl (C=O) groups excluding carboxylic acids is 1. The molecule has 100 valence electrons. The highest BCUT2D eigenvalue weighted by Gasteiger charge is 2.28. The molecule has 0 saturated heterocycles. The minimum atomic E-state index is -1.47. The lowest BCUT2D eigenvalue weighted by atomic mass is 10.0. The highest BCUT2D eigenvalue weighted by Crippen LogP contribution is 2.41. The molecule has 18 heavy (non-hydrogen) atoms. The predicted molar refractivity (Wildman–Crippen MR) is 59.0 cm³/mol. The zero-order chi connectivity index (χ0) is 13.9. The van der Waals surface area contributed by atoms with Crippen molar-refractivity contribution < 1.29 is 35.1 Å². The molecule has 0 saturated carbocycles.